The van der Waals surface area contributed by atoms with Crippen LogP contribution in [0.3, 0.4) is 0 Å². The van der Waals surface area contributed by atoms with Crippen molar-refractivity contribution in [3.05, 3.63) is 59.4 Å². The highest BCUT2D eigenvalue weighted by atomic mass is 19.1. The number of nitriles is 1. The van der Waals surface area contributed by atoms with Crippen molar-refractivity contribution in [2.45, 2.75) is 25.4 Å². The average molecular weight is 407 g/mol. The molecule has 4 N–H and O–H groups in total. The van der Waals surface area contributed by atoms with Crippen molar-refractivity contribution in [3.63, 3.8) is 0 Å². The van der Waals surface area contributed by atoms with E-state index in [4.69, 9.17) is 5.73 Å². The third-order valence-electron chi connectivity index (χ3n) is 5.75. The van der Waals surface area contributed by atoms with E-state index < -0.39 is 0 Å². The van der Waals surface area contributed by atoms with E-state index >= 15 is 0 Å². The van der Waals surface area contributed by atoms with E-state index in [0.29, 0.717) is 17.3 Å². The first kappa shape index (κ1) is 20.1. The smallest absolute Gasteiger partial charge is 0.208 e. The molecule has 0 spiro atoms. The predicted molar refractivity (Wildman–Crippen MR) is 116 cm³/mol. The lowest BCUT2D eigenvalue weighted by atomic mass is 10.00. The van der Waals surface area contributed by atoms with Gasteiger partial charge in [0.05, 0.1) is 11.3 Å². The molecule has 2 atom stereocenters. The topological polar surface area (TPSA) is 92.7 Å². The molecule has 156 valence electrons. The Bertz CT molecular complexity index is 966. The van der Waals surface area contributed by atoms with Gasteiger partial charge in [0.1, 0.15) is 11.9 Å². The standard InChI is InChI=1S/C22H26FN7/c1-15-13-30(20-7-5-18(23)6-8-20)10-9-29(15)14-19-11-16-3-2-4-17(12-24)21(16)26-22(25)28-27-19/h2-8,15,19,27H,9-11,13-14H2,1H3,(H3,25,26,28)/t15-,19?/m1/s1. The zero-order valence-electron chi connectivity index (χ0n) is 17.0. The fraction of sp³-hybridized carbons (Fsp3) is 0.364. The Labute approximate surface area is 176 Å². The average Bonchev–Trinajstić information content (AvgIpc) is 2.73. The number of nitrogens with two attached hydrogens (primary N) is 1. The number of rotatable bonds is 3. The van der Waals surface area contributed by atoms with Gasteiger partial charge in [0.15, 0.2) is 0 Å². The van der Waals surface area contributed by atoms with Gasteiger partial charge in [0.25, 0.3) is 0 Å². The molecule has 0 amide bonds. The largest absolute Gasteiger partial charge is 0.369 e. The Hall–Kier alpha value is -3.15. The highest BCUT2D eigenvalue weighted by molar-refractivity contribution is 5.82. The molecule has 0 saturated carbocycles. The highest BCUT2D eigenvalue weighted by Gasteiger charge is 2.27. The number of hydrogen-bond donors (Lipinski definition) is 3. The van der Waals surface area contributed by atoms with Crippen LogP contribution in [0.1, 0.15) is 18.1 Å². The van der Waals surface area contributed by atoms with E-state index in [1.54, 1.807) is 6.07 Å². The molecule has 2 heterocycles. The summed E-state index contributed by atoms with van der Waals surface area (Å²) in [6, 6.07) is 15.0. The van der Waals surface area contributed by atoms with Gasteiger partial charge in [0, 0.05) is 44.0 Å². The van der Waals surface area contributed by atoms with Crippen molar-refractivity contribution >= 4 is 17.3 Å². The lowest BCUT2D eigenvalue weighted by Gasteiger charge is -2.42. The molecule has 2 aromatic rings. The van der Waals surface area contributed by atoms with Crippen molar-refractivity contribution in [1.82, 2.24) is 15.8 Å². The normalized spacial score (nSPS) is 22.2. The zero-order valence-corrected chi connectivity index (χ0v) is 17.0. The van der Waals surface area contributed by atoms with Gasteiger partial charge in [-0.2, -0.15) is 5.26 Å². The van der Waals surface area contributed by atoms with Crippen LogP contribution < -0.4 is 21.5 Å². The van der Waals surface area contributed by atoms with Gasteiger partial charge in [-0.05, 0) is 49.2 Å². The number of benzene rings is 2. The molecule has 0 aliphatic carbocycles. The number of hydrazine groups is 1. The molecular formula is C22H26FN7. The summed E-state index contributed by atoms with van der Waals surface area (Å²) in [5.41, 5.74) is 15.5. The minimum Gasteiger partial charge on any atom is -0.369 e. The summed E-state index contributed by atoms with van der Waals surface area (Å²) in [6.07, 6.45) is 0.736. The third kappa shape index (κ3) is 4.37. The molecule has 8 heteroatoms. The Balaban J connectivity index is 1.45. The molecule has 30 heavy (non-hydrogen) atoms. The van der Waals surface area contributed by atoms with Gasteiger partial charge in [-0.1, -0.05) is 12.1 Å². The number of nitrogens with zero attached hydrogens (tertiary/aromatic N) is 4. The lowest BCUT2D eigenvalue weighted by Crippen LogP contribution is -2.58. The first-order chi connectivity index (χ1) is 14.5. The first-order valence-electron chi connectivity index (χ1n) is 10.2. The van der Waals surface area contributed by atoms with Crippen LogP contribution in [0.2, 0.25) is 0 Å². The van der Waals surface area contributed by atoms with Crippen LogP contribution in [0, 0.1) is 17.1 Å². The first-order valence-corrected chi connectivity index (χ1v) is 10.2. The Morgan fingerprint density at radius 1 is 1.23 bits per heavy atom. The van der Waals surface area contributed by atoms with Gasteiger partial charge in [-0.3, -0.25) is 10.3 Å². The van der Waals surface area contributed by atoms with Crippen molar-refractivity contribution < 1.29 is 4.39 Å². The number of anilines is 1. The van der Waals surface area contributed by atoms with Crippen LogP contribution in [0.25, 0.3) is 0 Å². The summed E-state index contributed by atoms with van der Waals surface area (Å²) in [5, 5.41) is 9.41. The maximum Gasteiger partial charge on any atom is 0.208 e. The lowest BCUT2D eigenvalue weighted by molar-refractivity contribution is 0.167. The molecule has 4 rings (SSSR count). The molecular weight excluding hydrogens is 381 g/mol. The molecule has 1 saturated heterocycles. The molecule has 0 bridgehead atoms. The molecule has 1 unspecified atom stereocenters. The van der Waals surface area contributed by atoms with E-state index in [-0.39, 0.29) is 17.8 Å². The summed E-state index contributed by atoms with van der Waals surface area (Å²) < 4.78 is 13.2. The fourth-order valence-corrected chi connectivity index (χ4v) is 4.17. The Morgan fingerprint density at radius 3 is 2.77 bits per heavy atom. The SMILES string of the molecule is C[C@@H]1CN(c2ccc(F)cc2)CCN1CC1Cc2cccc(C#N)c2N=C(N)NN1. The van der Waals surface area contributed by atoms with Crippen molar-refractivity contribution in [1.29, 1.82) is 5.26 Å². The molecule has 2 aromatic carbocycles. The molecule has 1 fully saturated rings. The monoisotopic (exact) mass is 407 g/mol. The number of piperazine rings is 1. The number of aliphatic imine (C=N–C) groups is 1. The van der Waals surface area contributed by atoms with Gasteiger partial charge >= 0.3 is 0 Å². The summed E-state index contributed by atoms with van der Waals surface area (Å²) in [7, 11) is 0. The van der Waals surface area contributed by atoms with Crippen molar-refractivity contribution in [3.8, 4) is 6.07 Å². The van der Waals surface area contributed by atoms with E-state index in [1.165, 1.54) is 12.1 Å². The van der Waals surface area contributed by atoms with E-state index in [0.717, 1.165) is 43.9 Å². The van der Waals surface area contributed by atoms with Gasteiger partial charge < -0.3 is 10.6 Å². The van der Waals surface area contributed by atoms with E-state index in [9.17, 15) is 9.65 Å². The molecule has 2 aliphatic heterocycles. The van der Waals surface area contributed by atoms with E-state index in [1.807, 2.05) is 24.3 Å². The summed E-state index contributed by atoms with van der Waals surface area (Å²) in [4.78, 5) is 9.11. The molecule has 7 nitrogen and oxygen atoms in total. The second-order valence-electron chi connectivity index (χ2n) is 7.86. The highest BCUT2D eigenvalue weighted by Crippen LogP contribution is 2.27. The van der Waals surface area contributed by atoms with E-state index in [2.05, 4.69) is 38.6 Å². The van der Waals surface area contributed by atoms with Crippen LogP contribution in [-0.2, 0) is 6.42 Å². The van der Waals surface area contributed by atoms with Crippen LogP contribution in [-0.4, -0.2) is 49.1 Å². The molecule has 0 aromatic heterocycles. The summed E-state index contributed by atoms with van der Waals surface area (Å²) >= 11 is 0. The summed E-state index contributed by atoms with van der Waals surface area (Å²) in [6.45, 7) is 5.71. The van der Waals surface area contributed by atoms with Crippen molar-refractivity contribution in [2.24, 2.45) is 10.7 Å². The van der Waals surface area contributed by atoms with Crippen LogP contribution in [0.15, 0.2) is 47.5 Å². The molecule has 2 aliphatic rings. The maximum atomic E-state index is 13.2. The Kier molecular flexibility index (Phi) is 5.84. The van der Waals surface area contributed by atoms with Gasteiger partial charge in [-0.25, -0.2) is 14.8 Å². The second-order valence-corrected chi connectivity index (χ2v) is 7.86. The van der Waals surface area contributed by atoms with Gasteiger partial charge in [-0.15, -0.1) is 0 Å². The van der Waals surface area contributed by atoms with Crippen LogP contribution in [0.4, 0.5) is 15.8 Å². The minimum atomic E-state index is -0.212. The maximum absolute atomic E-state index is 13.2. The Morgan fingerprint density at radius 2 is 2.03 bits per heavy atom. The number of nitrogens with one attached hydrogen (secondary N) is 2. The number of fused-ring (bicyclic) bond motifs is 1. The zero-order chi connectivity index (χ0) is 21.1. The minimum absolute atomic E-state index is 0.103. The number of halogens is 1. The van der Waals surface area contributed by atoms with Crippen LogP contribution >= 0.6 is 0 Å². The number of guanidine groups is 1. The predicted octanol–water partition coefficient (Wildman–Crippen LogP) is 1.87. The van der Waals surface area contributed by atoms with Gasteiger partial charge in [0.2, 0.25) is 5.96 Å². The van der Waals surface area contributed by atoms with Crippen molar-refractivity contribution in [2.75, 3.05) is 31.1 Å². The molecule has 0 radical (unpaired) electrons. The second kappa shape index (κ2) is 8.69. The number of para-hydroxylation sites is 1. The fourth-order valence-electron chi connectivity index (χ4n) is 4.17. The number of hydrogen-bond acceptors (Lipinski definition) is 7. The van der Waals surface area contributed by atoms with Crippen LogP contribution in [0.5, 0.6) is 0 Å². The quantitative estimate of drug-likeness (QED) is 0.719. The third-order valence-corrected chi connectivity index (χ3v) is 5.75. The summed E-state index contributed by atoms with van der Waals surface area (Å²) in [5.74, 6) is 0.0359.